The van der Waals surface area contributed by atoms with E-state index in [1.165, 1.54) is 6.92 Å². The van der Waals surface area contributed by atoms with E-state index >= 15 is 0 Å². The molecule has 0 amide bonds. The first-order valence-electron chi connectivity index (χ1n) is 11.2. The molecule has 0 bridgehead atoms. The fourth-order valence-corrected chi connectivity index (χ4v) is 4.10. The lowest BCUT2D eigenvalue weighted by atomic mass is 10.2. The van der Waals surface area contributed by atoms with Crippen LogP contribution in [0.3, 0.4) is 0 Å². The minimum absolute atomic E-state index is 0.349. The molecule has 0 aliphatic rings. The van der Waals surface area contributed by atoms with Crippen LogP contribution in [-0.4, -0.2) is 37.5 Å². The number of fused-ring (bicyclic) bond motifs is 5. The normalized spacial score (nSPS) is 11.4. The number of nitrogens with zero attached hydrogens (tertiary/aromatic N) is 4. The van der Waals surface area contributed by atoms with Gasteiger partial charge in [-0.05, 0) is 49.7 Å². The van der Waals surface area contributed by atoms with E-state index in [0.717, 1.165) is 35.4 Å². The molecule has 34 heavy (non-hydrogen) atoms. The van der Waals surface area contributed by atoms with E-state index in [2.05, 4.69) is 0 Å². The van der Waals surface area contributed by atoms with Crippen LogP contribution in [0.25, 0.3) is 33.4 Å². The van der Waals surface area contributed by atoms with Gasteiger partial charge in [-0.2, -0.15) is 0 Å². The van der Waals surface area contributed by atoms with Crippen LogP contribution in [-0.2, 0) is 9.53 Å². The van der Waals surface area contributed by atoms with Crippen LogP contribution in [0.1, 0.15) is 42.9 Å². The molecular formula is C26H24N4O4. The molecule has 0 aliphatic heterocycles. The molecule has 0 unspecified atom stereocenters. The fraction of sp³-hybridized carbons (Fsp3) is 0.231. The van der Waals surface area contributed by atoms with Crippen molar-refractivity contribution < 1.29 is 19.1 Å². The minimum atomic E-state index is -0.431. The number of carbonyl (C=O) groups excluding carboxylic acids is 2. The highest BCUT2D eigenvalue weighted by atomic mass is 16.5. The molecule has 8 heteroatoms. The van der Waals surface area contributed by atoms with Gasteiger partial charge >= 0.3 is 11.9 Å². The third-order valence-electron chi connectivity index (χ3n) is 5.69. The van der Waals surface area contributed by atoms with Gasteiger partial charge in [0, 0.05) is 12.6 Å². The summed E-state index contributed by atoms with van der Waals surface area (Å²) >= 11 is 0. The maximum absolute atomic E-state index is 12.3. The lowest BCUT2D eigenvalue weighted by Gasteiger charge is -2.08. The van der Waals surface area contributed by atoms with Crippen molar-refractivity contribution in [3.63, 3.8) is 0 Å². The minimum Gasteiger partial charge on any atom is -0.462 e. The van der Waals surface area contributed by atoms with Crippen LogP contribution < -0.4 is 4.74 Å². The largest absolute Gasteiger partial charge is 0.462 e. The Morgan fingerprint density at radius 1 is 1.00 bits per heavy atom. The molecule has 0 saturated carbocycles. The first kappa shape index (κ1) is 21.6. The first-order chi connectivity index (χ1) is 16.5. The number of unbranched alkanes of at least 4 members (excludes halogenated alkanes) is 1. The van der Waals surface area contributed by atoms with Crippen LogP contribution in [0.5, 0.6) is 5.75 Å². The number of hydrogen-bond donors (Lipinski definition) is 0. The molecule has 0 N–H and O–H groups in total. The van der Waals surface area contributed by atoms with Gasteiger partial charge < -0.3 is 9.47 Å². The van der Waals surface area contributed by atoms with Gasteiger partial charge in [-0.3, -0.25) is 13.8 Å². The number of esters is 2. The summed E-state index contributed by atoms with van der Waals surface area (Å²) in [6.45, 7) is 5.73. The summed E-state index contributed by atoms with van der Waals surface area (Å²) in [5, 5.41) is 0.639. The summed E-state index contributed by atoms with van der Waals surface area (Å²) in [4.78, 5) is 33.8. The molecule has 3 aromatic heterocycles. The Balaban J connectivity index is 1.66. The molecule has 0 saturated heterocycles. The van der Waals surface area contributed by atoms with Gasteiger partial charge in [-0.15, -0.1) is 0 Å². The highest BCUT2D eigenvalue weighted by molar-refractivity contribution is 6.01. The van der Waals surface area contributed by atoms with E-state index in [1.54, 1.807) is 18.3 Å². The number of ether oxygens (including phenoxy) is 2. The molecule has 5 rings (SSSR count). The standard InChI is InChI=1S/C26H24N4O4/c1-4-5-14-33-26(32)18-10-12-19(13-11-18)29-15-22(34-17(3)31)23-24(29)27-16(2)30-21-9-7-6-8-20(21)28-25(23)30/h6-13,15H,4-5,14H2,1-3H3. The molecule has 172 valence electrons. The molecule has 0 atom stereocenters. The number of carbonyl (C=O) groups is 2. The molecule has 3 heterocycles. The van der Waals surface area contributed by atoms with Gasteiger partial charge in [0.25, 0.3) is 0 Å². The molecule has 0 aliphatic carbocycles. The summed E-state index contributed by atoms with van der Waals surface area (Å²) in [6.07, 6.45) is 3.52. The van der Waals surface area contributed by atoms with Crippen LogP contribution in [0.15, 0.2) is 54.7 Å². The van der Waals surface area contributed by atoms with Crippen molar-refractivity contribution in [1.29, 1.82) is 0 Å². The van der Waals surface area contributed by atoms with Crippen molar-refractivity contribution in [2.45, 2.75) is 33.6 Å². The summed E-state index contributed by atoms with van der Waals surface area (Å²) in [5.41, 5.74) is 4.26. The Labute approximate surface area is 195 Å². The number of hydrogen-bond acceptors (Lipinski definition) is 6. The lowest BCUT2D eigenvalue weighted by Crippen LogP contribution is -2.06. The average molecular weight is 457 g/mol. The van der Waals surface area contributed by atoms with Crippen molar-refractivity contribution in [3.05, 3.63) is 66.1 Å². The third kappa shape index (κ3) is 3.67. The van der Waals surface area contributed by atoms with Crippen molar-refractivity contribution in [3.8, 4) is 11.4 Å². The van der Waals surface area contributed by atoms with E-state index in [1.807, 2.05) is 59.2 Å². The fourth-order valence-electron chi connectivity index (χ4n) is 4.10. The van der Waals surface area contributed by atoms with E-state index in [4.69, 9.17) is 19.4 Å². The number of rotatable bonds is 6. The first-order valence-corrected chi connectivity index (χ1v) is 11.2. The lowest BCUT2D eigenvalue weighted by molar-refractivity contribution is -0.131. The molecule has 0 spiro atoms. The zero-order chi connectivity index (χ0) is 23.8. The van der Waals surface area contributed by atoms with E-state index < -0.39 is 5.97 Å². The number of imidazole rings is 1. The third-order valence-corrected chi connectivity index (χ3v) is 5.69. The van der Waals surface area contributed by atoms with Crippen molar-refractivity contribution in [1.82, 2.24) is 18.9 Å². The summed E-state index contributed by atoms with van der Waals surface area (Å²) in [5.74, 6) is 0.344. The Bertz CT molecular complexity index is 1550. The Kier molecular flexibility index (Phi) is 5.49. The molecule has 8 nitrogen and oxygen atoms in total. The van der Waals surface area contributed by atoms with Crippen LogP contribution >= 0.6 is 0 Å². The Morgan fingerprint density at radius 3 is 2.50 bits per heavy atom. The van der Waals surface area contributed by atoms with E-state index in [0.29, 0.717) is 34.6 Å². The maximum atomic E-state index is 12.3. The summed E-state index contributed by atoms with van der Waals surface area (Å²) < 4.78 is 14.7. The van der Waals surface area contributed by atoms with Gasteiger partial charge in [-0.1, -0.05) is 25.5 Å². The highest BCUT2D eigenvalue weighted by Crippen LogP contribution is 2.35. The number of para-hydroxylation sites is 2. The van der Waals surface area contributed by atoms with Gasteiger partial charge in [0.2, 0.25) is 0 Å². The molecular weight excluding hydrogens is 432 g/mol. The van der Waals surface area contributed by atoms with Crippen LogP contribution in [0.2, 0.25) is 0 Å². The predicted octanol–water partition coefficient (Wildman–Crippen LogP) is 5.02. The Hall–Kier alpha value is -4.20. The number of aromatic nitrogens is 4. The van der Waals surface area contributed by atoms with Crippen molar-refractivity contribution in [2.24, 2.45) is 0 Å². The average Bonchev–Trinajstić information content (AvgIpc) is 3.38. The van der Waals surface area contributed by atoms with Gasteiger partial charge in [0.15, 0.2) is 17.0 Å². The van der Waals surface area contributed by atoms with Crippen molar-refractivity contribution >= 4 is 39.7 Å². The predicted molar refractivity (Wildman–Crippen MR) is 129 cm³/mol. The smallest absolute Gasteiger partial charge is 0.338 e. The maximum Gasteiger partial charge on any atom is 0.338 e. The molecule has 0 radical (unpaired) electrons. The second kappa shape index (κ2) is 8.62. The topological polar surface area (TPSA) is 87.7 Å². The summed E-state index contributed by atoms with van der Waals surface area (Å²) in [6, 6.07) is 14.9. The summed E-state index contributed by atoms with van der Waals surface area (Å²) in [7, 11) is 0. The second-order valence-corrected chi connectivity index (χ2v) is 8.11. The monoisotopic (exact) mass is 456 g/mol. The van der Waals surface area contributed by atoms with E-state index in [-0.39, 0.29) is 5.97 Å². The van der Waals surface area contributed by atoms with Gasteiger partial charge in [0.1, 0.15) is 11.2 Å². The number of aryl methyl sites for hydroxylation is 1. The molecule has 2 aromatic carbocycles. The molecule has 5 aromatic rings. The second-order valence-electron chi connectivity index (χ2n) is 8.11. The zero-order valence-electron chi connectivity index (χ0n) is 19.2. The SMILES string of the molecule is CCCCOC(=O)c1ccc(-n2cc(OC(C)=O)c3c2nc(C)n2c4ccccc4nc32)cc1. The number of benzene rings is 2. The van der Waals surface area contributed by atoms with Gasteiger partial charge in [0.05, 0.1) is 29.4 Å². The van der Waals surface area contributed by atoms with Gasteiger partial charge in [-0.25, -0.2) is 14.8 Å². The zero-order valence-corrected chi connectivity index (χ0v) is 19.2. The molecule has 0 fully saturated rings. The van der Waals surface area contributed by atoms with Crippen LogP contribution in [0.4, 0.5) is 0 Å². The quantitative estimate of drug-likeness (QED) is 0.263. The highest BCUT2D eigenvalue weighted by Gasteiger charge is 2.21. The van der Waals surface area contributed by atoms with Crippen molar-refractivity contribution in [2.75, 3.05) is 6.61 Å². The van der Waals surface area contributed by atoms with E-state index in [9.17, 15) is 9.59 Å². The van der Waals surface area contributed by atoms with Crippen LogP contribution in [0, 0.1) is 6.92 Å². The Morgan fingerprint density at radius 2 is 1.76 bits per heavy atom.